The molecule has 1 aromatic carbocycles. The fourth-order valence-corrected chi connectivity index (χ4v) is 3.17. The monoisotopic (exact) mass is 408 g/mol. The van der Waals surface area contributed by atoms with E-state index in [1.165, 1.54) is 7.11 Å². The van der Waals surface area contributed by atoms with Gasteiger partial charge in [-0.15, -0.1) is 0 Å². The molecule has 158 valence electrons. The van der Waals surface area contributed by atoms with Crippen molar-refractivity contribution in [3.8, 4) is 5.75 Å². The minimum absolute atomic E-state index is 0.0170. The van der Waals surface area contributed by atoms with Crippen LogP contribution in [0.1, 0.15) is 63.0 Å². The molecule has 0 fully saturated rings. The van der Waals surface area contributed by atoms with Crippen molar-refractivity contribution < 1.29 is 23.4 Å². The summed E-state index contributed by atoms with van der Waals surface area (Å²) >= 11 is 0. The van der Waals surface area contributed by atoms with Gasteiger partial charge in [-0.25, -0.2) is 4.79 Å². The van der Waals surface area contributed by atoms with E-state index in [1.54, 1.807) is 6.08 Å². The molecule has 0 saturated carbocycles. The second-order valence-corrected chi connectivity index (χ2v) is 14.1. The molecule has 0 unspecified atom stereocenters. The molecule has 0 amide bonds. The molecule has 0 aliphatic heterocycles. The quantitative estimate of drug-likeness (QED) is 0.309. The maximum absolute atomic E-state index is 13.0. The highest BCUT2D eigenvalue weighted by atomic mass is 28.4. The number of ether oxygens (including phenoxy) is 3. The Bertz CT molecular complexity index is 696. The van der Waals surface area contributed by atoms with Gasteiger partial charge >= 0.3 is 5.97 Å². The number of carbonyl (C=O) groups excluding carboxylic acids is 1. The lowest BCUT2D eigenvalue weighted by Crippen LogP contribution is -2.40. The van der Waals surface area contributed by atoms with Crippen LogP contribution in [0.25, 0.3) is 6.08 Å². The third-order valence-electron chi connectivity index (χ3n) is 4.81. The van der Waals surface area contributed by atoms with E-state index < -0.39 is 19.9 Å². The van der Waals surface area contributed by atoms with Gasteiger partial charge in [0.25, 0.3) is 0 Å². The lowest BCUT2D eigenvalue weighted by atomic mass is 10.0. The van der Waals surface area contributed by atoms with E-state index >= 15 is 0 Å². The lowest BCUT2D eigenvalue weighted by Gasteiger charge is -2.36. The highest BCUT2D eigenvalue weighted by Gasteiger charge is 2.37. The number of benzene rings is 1. The average molecular weight is 409 g/mol. The van der Waals surface area contributed by atoms with Gasteiger partial charge < -0.3 is 18.6 Å². The number of methoxy groups -OCH3 is 1. The Hall–Kier alpha value is -1.63. The number of esters is 1. The predicted molar refractivity (Wildman–Crippen MR) is 116 cm³/mol. The molecule has 0 saturated heterocycles. The first-order valence-electron chi connectivity index (χ1n) is 9.51. The van der Waals surface area contributed by atoms with Crippen LogP contribution in [0.3, 0.4) is 0 Å². The zero-order valence-corrected chi connectivity index (χ0v) is 19.9. The van der Waals surface area contributed by atoms with Gasteiger partial charge in [0.2, 0.25) is 0 Å². The smallest absolute Gasteiger partial charge is 0.342 e. The zero-order valence-electron chi connectivity index (χ0n) is 18.9. The minimum atomic E-state index is -1.99. The van der Waals surface area contributed by atoms with Gasteiger partial charge in [-0.2, -0.15) is 0 Å². The maximum atomic E-state index is 13.0. The molecule has 0 N–H and O–H groups in total. The van der Waals surface area contributed by atoms with Crippen LogP contribution in [0.5, 0.6) is 5.75 Å². The Morgan fingerprint density at radius 2 is 1.75 bits per heavy atom. The van der Waals surface area contributed by atoms with Gasteiger partial charge in [-0.1, -0.05) is 45.6 Å². The molecular formula is C22H36O5Si. The Morgan fingerprint density at radius 3 is 2.21 bits per heavy atom. The maximum Gasteiger partial charge on any atom is 0.342 e. The van der Waals surface area contributed by atoms with E-state index in [2.05, 4.69) is 40.4 Å². The summed E-state index contributed by atoms with van der Waals surface area (Å²) < 4.78 is 22.8. The molecule has 0 aromatic heterocycles. The molecule has 0 spiro atoms. The van der Waals surface area contributed by atoms with Crippen molar-refractivity contribution in [3.05, 3.63) is 35.4 Å². The molecule has 0 aliphatic rings. The van der Waals surface area contributed by atoms with E-state index in [4.69, 9.17) is 18.6 Å². The molecule has 5 nitrogen and oxygen atoms in total. The summed E-state index contributed by atoms with van der Waals surface area (Å²) in [5.74, 6) is -0.0430. The van der Waals surface area contributed by atoms with Gasteiger partial charge in [-0.05, 0) is 44.5 Å². The number of rotatable bonds is 8. The Balaban J connectivity index is 3.42. The SMILES string of the molecule is C=Cc1ccc(CO[Si](C)(C)C(C)(C)C)c(C(=O)OC(C)(C)C)c1OCOC. The van der Waals surface area contributed by atoms with Crippen molar-refractivity contribution in [1.29, 1.82) is 0 Å². The van der Waals surface area contributed by atoms with Crippen LogP contribution in [0.4, 0.5) is 0 Å². The second-order valence-electron chi connectivity index (χ2n) is 9.32. The molecular weight excluding hydrogens is 372 g/mol. The highest BCUT2D eigenvalue weighted by Crippen LogP contribution is 2.38. The summed E-state index contributed by atoms with van der Waals surface area (Å²) in [5.41, 5.74) is 1.17. The predicted octanol–water partition coefficient (Wildman–Crippen LogP) is 5.79. The summed E-state index contributed by atoms with van der Waals surface area (Å²) in [6.07, 6.45) is 1.65. The van der Waals surface area contributed by atoms with Crippen molar-refractivity contribution in [2.45, 2.75) is 71.9 Å². The number of carbonyl (C=O) groups is 1. The summed E-state index contributed by atoms with van der Waals surface area (Å²) in [5, 5.41) is 0.0650. The Morgan fingerprint density at radius 1 is 1.14 bits per heavy atom. The van der Waals surface area contributed by atoms with Crippen molar-refractivity contribution >= 4 is 20.4 Å². The molecule has 0 heterocycles. The van der Waals surface area contributed by atoms with Crippen LogP contribution >= 0.6 is 0 Å². The largest absolute Gasteiger partial charge is 0.466 e. The van der Waals surface area contributed by atoms with Crippen LogP contribution in [-0.2, 0) is 20.5 Å². The van der Waals surface area contributed by atoms with E-state index in [9.17, 15) is 4.79 Å². The fourth-order valence-electron chi connectivity index (χ4n) is 2.22. The van der Waals surface area contributed by atoms with Crippen LogP contribution in [0.15, 0.2) is 18.7 Å². The normalized spacial score (nSPS) is 12.6. The molecule has 0 bridgehead atoms. The Kier molecular flexibility index (Phi) is 8.06. The van der Waals surface area contributed by atoms with Gasteiger partial charge in [0.15, 0.2) is 15.1 Å². The van der Waals surface area contributed by atoms with Gasteiger partial charge in [0, 0.05) is 12.7 Å². The molecule has 1 rings (SSSR count). The average Bonchev–Trinajstić information content (AvgIpc) is 2.54. The van der Waals surface area contributed by atoms with Crippen molar-refractivity contribution in [2.24, 2.45) is 0 Å². The standard InChI is InChI=1S/C22H36O5Si/c1-11-16-12-13-17(14-26-28(9,10)22(5,6)7)18(19(16)25-15-24-8)20(23)27-21(2,3)4/h11-13H,1,14-15H2,2-10H3. The first-order chi connectivity index (χ1) is 12.7. The van der Waals surface area contributed by atoms with Crippen LogP contribution in [0.2, 0.25) is 18.1 Å². The molecule has 0 radical (unpaired) electrons. The van der Waals surface area contributed by atoms with E-state index in [1.807, 2.05) is 32.9 Å². The number of hydrogen-bond acceptors (Lipinski definition) is 5. The van der Waals surface area contributed by atoms with Crippen molar-refractivity contribution in [1.82, 2.24) is 0 Å². The second kappa shape index (κ2) is 9.24. The van der Waals surface area contributed by atoms with Crippen LogP contribution in [-0.4, -0.2) is 33.8 Å². The van der Waals surface area contributed by atoms with Gasteiger partial charge in [-0.3, -0.25) is 0 Å². The first kappa shape index (κ1) is 24.4. The van der Waals surface area contributed by atoms with Gasteiger partial charge in [0.05, 0.1) is 6.61 Å². The highest BCUT2D eigenvalue weighted by molar-refractivity contribution is 6.74. The van der Waals surface area contributed by atoms with E-state index in [0.29, 0.717) is 23.5 Å². The first-order valence-corrected chi connectivity index (χ1v) is 12.4. The third-order valence-corrected chi connectivity index (χ3v) is 9.29. The molecule has 0 aliphatic carbocycles. The van der Waals surface area contributed by atoms with E-state index in [-0.39, 0.29) is 11.8 Å². The summed E-state index contributed by atoms with van der Waals surface area (Å²) in [7, 11) is -0.462. The molecule has 1 aromatic rings. The van der Waals surface area contributed by atoms with Crippen LogP contribution < -0.4 is 4.74 Å². The fraction of sp³-hybridized carbons (Fsp3) is 0.591. The van der Waals surface area contributed by atoms with Gasteiger partial charge in [0.1, 0.15) is 16.9 Å². The third kappa shape index (κ3) is 6.46. The number of hydrogen-bond donors (Lipinski definition) is 0. The minimum Gasteiger partial charge on any atom is -0.466 e. The zero-order chi connectivity index (χ0) is 21.8. The van der Waals surface area contributed by atoms with Crippen molar-refractivity contribution in [3.63, 3.8) is 0 Å². The summed E-state index contributed by atoms with van der Waals surface area (Å²) in [6.45, 7) is 20.6. The molecule has 0 atom stereocenters. The van der Waals surface area contributed by atoms with E-state index in [0.717, 1.165) is 5.56 Å². The summed E-state index contributed by atoms with van der Waals surface area (Å²) in [6, 6.07) is 3.75. The molecule has 6 heteroatoms. The lowest BCUT2D eigenvalue weighted by molar-refractivity contribution is 0.00521. The van der Waals surface area contributed by atoms with Crippen molar-refractivity contribution in [2.75, 3.05) is 13.9 Å². The van der Waals surface area contributed by atoms with Crippen LogP contribution in [0, 0.1) is 0 Å². The summed E-state index contributed by atoms with van der Waals surface area (Å²) in [4.78, 5) is 13.0. The Labute approximate surface area is 171 Å². The topological polar surface area (TPSA) is 54.0 Å². The molecule has 28 heavy (non-hydrogen) atoms.